The lowest BCUT2D eigenvalue weighted by molar-refractivity contribution is -0.134. The zero-order valence-electron chi connectivity index (χ0n) is 15.9. The van der Waals surface area contributed by atoms with E-state index in [9.17, 15) is 14.0 Å². The third kappa shape index (κ3) is 6.03. The molecule has 148 valence electrons. The van der Waals surface area contributed by atoms with Crippen LogP contribution in [0.3, 0.4) is 0 Å². The van der Waals surface area contributed by atoms with Crippen molar-refractivity contribution in [3.8, 4) is 0 Å². The van der Waals surface area contributed by atoms with Gasteiger partial charge in [-0.2, -0.15) is 0 Å². The molecule has 1 atom stereocenters. The predicted octanol–water partition coefficient (Wildman–Crippen LogP) is 2.75. The molecule has 3 rings (SSSR count). The minimum Gasteiger partial charge on any atom is -0.353 e. The molecule has 6 heteroatoms. The summed E-state index contributed by atoms with van der Waals surface area (Å²) in [6.07, 6.45) is 8.32. The molecule has 1 heterocycles. The minimum absolute atomic E-state index is 0.0493. The molecule has 5 nitrogen and oxygen atoms in total. The average molecular weight is 375 g/mol. The fourth-order valence-electron chi connectivity index (χ4n) is 4.06. The molecular weight excluding hydrogens is 345 g/mol. The fraction of sp³-hybridized carbons (Fsp3) is 0.619. The summed E-state index contributed by atoms with van der Waals surface area (Å²) in [4.78, 5) is 27.0. The molecule has 2 aliphatic rings. The quantitative estimate of drug-likeness (QED) is 0.832. The molecule has 1 aromatic carbocycles. The standard InChI is InChI=1S/C21H30FN3O2/c22-17-10-8-16(9-11-17)15-25-13-12-23-21(27)19(25)14-20(26)24-18-6-4-2-1-3-5-7-18/h8-11,18-19H,1-7,12-15H2,(H,23,27)(H,24,26)/t19-/m0/s1. The Hall–Kier alpha value is -1.95. The predicted molar refractivity (Wildman–Crippen MR) is 102 cm³/mol. The summed E-state index contributed by atoms with van der Waals surface area (Å²) >= 11 is 0. The largest absolute Gasteiger partial charge is 0.353 e. The van der Waals surface area contributed by atoms with Gasteiger partial charge in [-0.15, -0.1) is 0 Å². The number of carbonyl (C=O) groups excluding carboxylic acids is 2. The lowest BCUT2D eigenvalue weighted by atomic mass is 9.96. The summed E-state index contributed by atoms with van der Waals surface area (Å²) < 4.78 is 13.1. The van der Waals surface area contributed by atoms with E-state index in [4.69, 9.17) is 0 Å². The van der Waals surface area contributed by atoms with E-state index in [0.29, 0.717) is 19.6 Å². The van der Waals surface area contributed by atoms with E-state index in [-0.39, 0.29) is 30.1 Å². The van der Waals surface area contributed by atoms with E-state index in [1.807, 2.05) is 4.90 Å². The highest BCUT2D eigenvalue weighted by Gasteiger charge is 2.32. The highest BCUT2D eigenvalue weighted by atomic mass is 19.1. The van der Waals surface area contributed by atoms with Crippen molar-refractivity contribution < 1.29 is 14.0 Å². The smallest absolute Gasteiger partial charge is 0.237 e. The van der Waals surface area contributed by atoms with Gasteiger partial charge >= 0.3 is 0 Å². The Labute approximate surface area is 160 Å². The lowest BCUT2D eigenvalue weighted by Crippen LogP contribution is -2.56. The van der Waals surface area contributed by atoms with Gasteiger partial charge in [0.2, 0.25) is 11.8 Å². The number of piperazine rings is 1. The maximum atomic E-state index is 13.1. The Morgan fingerprint density at radius 2 is 1.78 bits per heavy atom. The van der Waals surface area contributed by atoms with Crippen LogP contribution >= 0.6 is 0 Å². The van der Waals surface area contributed by atoms with Crippen LogP contribution in [0.5, 0.6) is 0 Å². The third-order valence-corrected chi connectivity index (χ3v) is 5.59. The number of benzene rings is 1. The lowest BCUT2D eigenvalue weighted by Gasteiger charge is -2.35. The molecule has 2 fully saturated rings. The maximum Gasteiger partial charge on any atom is 0.237 e. The van der Waals surface area contributed by atoms with Crippen LogP contribution in [-0.4, -0.2) is 41.9 Å². The molecule has 0 spiro atoms. The van der Waals surface area contributed by atoms with Crippen molar-refractivity contribution in [2.45, 2.75) is 70.0 Å². The van der Waals surface area contributed by atoms with Crippen LogP contribution in [0.2, 0.25) is 0 Å². The first-order chi connectivity index (χ1) is 13.1. The minimum atomic E-state index is -0.475. The number of halogens is 1. The van der Waals surface area contributed by atoms with Crippen LogP contribution < -0.4 is 10.6 Å². The van der Waals surface area contributed by atoms with Gasteiger partial charge in [0.15, 0.2) is 0 Å². The first kappa shape index (κ1) is 19.8. The van der Waals surface area contributed by atoms with Crippen molar-refractivity contribution in [3.63, 3.8) is 0 Å². The van der Waals surface area contributed by atoms with Gasteiger partial charge < -0.3 is 10.6 Å². The molecule has 1 aliphatic carbocycles. The zero-order chi connectivity index (χ0) is 19.1. The van der Waals surface area contributed by atoms with Crippen molar-refractivity contribution >= 4 is 11.8 Å². The molecular formula is C21H30FN3O2. The van der Waals surface area contributed by atoms with E-state index in [0.717, 1.165) is 31.2 Å². The van der Waals surface area contributed by atoms with Crippen LogP contribution in [0.4, 0.5) is 4.39 Å². The Morgan fingerprint density at radius 3 is 2.48 bits per heavy atom. The SMILES string of the molecule is O=C(C[C@H]1C(=O)NCCN1Cc1ccc(F)cc1)NC1CCCCCCC1. The van der Waals surface area contributed by atoms with E-state index in [1.54, 1.807) is 12.1 Å². The second-order valence-electron chi connectivity index (χ2n) is 7.72. The van der Waals surface area contributed by atoms with Gasteiger partial charge in [-0.1, -0.05) is 44.2 Å². The van der Waals surface area contributed by atoms with Gasteiger partial charge in [0, 0.05) is 25.7 Å². The van der Waals surface area contributed by atoms with Gasteiger partial charge in [0.1, 0.15) is 5.82 Å². The third-order valence-electron chi connectivity index (χ3n) is 5.59. The van der Waals surface area contributed by atoms with Crippen molar-refractivity contribution in [1.82, 2.24) is 15.5 Å². The van der Waals surface area contributed by atoms with Gasteiger partial charge in [-0.05, 0) is 30.5 Å². The zero-order valence-corrected chi connectivity index (χ0v) is 15.9. The molecule has 0 radical (unpaired) electrons. The summed E-state index contributed by atoms with van der Waals surface area (Å²) in [5.74, 6) is -0.423. The molecule has 1 aliphatic heterocycles. The topological polar surface area (TPSA) is 61.4 Å². The normalized spacial score (nSPS) is 22.6. The monoisotopic (exact) mass is 375 g/mol. The number of hydrogen-bond donors (Lipinski definition) is 2. The molecule has 2 N–H and O–H groups in total. The Bertz CT molecular complexity index is 627. The highest BCUT2D eigenvalue weighted by Crippen LogP contribution is 2.18. The Balaban J connectivity index is 1.58. The van der Waals surface area contributed by atoms with Crippen molar-refractivity contribution in [2.24, 2.45) is 0 Å². The first-order valence-electron chi connectivity index (χ1n) is 10.2. The van der Waals surface area contributed by atoms with Crippen LogP contribution in [-0.2, 0) is 16.1 Å². The van der Waals surface area contributed by atoms with Crippen molar-refractivity contribution in [1.29, 1.82) is 0 Å². The second kappa shape index (κ2) is 9.83. The van der Waals surface area contributed by atoms with E-state index in [2.05, 4.69) is 10.6 Å². The maximum absolute atomic E-state index is 13.1. The average Bonchev–Trinajstić information content (AvgIpc) is 2.62. The van der Waals surface area contributed by atoms with Crippen LogP contribution in [0.15, 0.2) is 24.3 Å². The van der Waals surface area contributed by atoms with Crippen LogP contribution in [0, 0.1) is 5.82 Å². The Morgan fingerprint density at radius 1 is 1.11 bits per heavy atom. The number of nitrogens with one attached hydrogen (secondary N) is 2. The number of nitrogens with zero attached hydrogens (tertiary/aromatic N) is 1. The van der Waals surface area contributed by atoms with Gasteiger partial charge in [-0.25, -0.2) is 4.39 Å². The van der Waals surface area contributed by atoms with Crippen molar-refractivity contribution in [3.05, 3.63) is 35.6 Å². The van der Waals surface area contributed by atoms with Gasteiger partial charge in [-0.3, -0.25) is 14.5 Å². The molecule has 0 aromatic heterocycles. The van der Waals surface area contributed by atoms with E-state index < -0.39 is 6.04 Å². The van der Waals surface area contributed by atoms with Crippen LogP contribution in [0.1, 0.15) is 56.9 Å². The summed E-state index contributed by atoms with van der Waals surface area (Å²) in [5.41, 5.74) is 0.941. The van der Waals surface area contributed by atoms with E-state index in [1.165, 1.54) is 31.4 Å². The highest BCUT2D eigenvalue weighted by molar-refractivity contribution is 5.88. The second-order valence-corrected chi connectivity index (χ2v) is 7.72. The summed E-state index contributed by atoms with van der Waals surface area (Å²) in [5, 5.41) is 6.01. The summed E-state index contributed by atoms with van der Waals surface area (Å²) in [7, 11) is 0. The van der Waals surface area contributed by atoms with E-state index >= 15 is 0 Å². The molecule has 0 bridgehead atoms. The molecule has 27 heavy (non-hydrogen) atoms. The molecule has 1 aromatic rings. The fourth-order valence-corrected chi connectivity index (χ4v) is 4.06. The number of amides is 2. The number of rotatable bonds is 5. The van der Waals surface area contributed by atoms with Gasteiger partial charge in [0.25, 0.3) is 0 Å². The first-order valence-corrected chi connectivity index (χ1v) is 10.2. The molecule has 1 saturated heterocycles. The van der Waals surface area contributed by atoms with Crippen molar-refractivity contribution in [2.75, 3.05) is 13.1 Å². The number of hydrogen-bond acceptors (Lipinski definition) is 3. The molecule has 0 unspecified atom stereocenters. The Kier molecular flexibility index (Phi) is 7.21. The molecule has 1 saturated carbocycles. The van der Waals surface area contributed by atoms with Crippen LogP contribution in [0.25, 0.3) is 0 Å². The summed E-state index contributed by atoms with van der Waals surface area (Å²) in [6.45, 7) is 1.79. The molecule has 2 amide bonds. The van der Waals surface area contributed by atoms with Gasteiger partial charge in [0.05, 0.1) is 12.5 Å². The summed E-state index contributed by atoms with van der Waals surface area (Å²) in [6, 6.07) is 6.07. The number of carbonyl (C=O) groups is 2.